The third kappa shape index (κ3) is 1.87. The quantitative estimate of drug-likeness (QED) is 0.845. The molecule has 0 atom stereocenters. The molecule has 0 radical (unpaired) electrons. The zero-order chi connectivity index (χ0) is 11.0. The second kappa shape index (κ2) is 3.67. The third-order valence-corrected chi connectivity index (χ3v) is 3.33. The molecule has 3 heteroatoms. The van der Waals surface area contributed by atoms with Gasteiger partial charge in [0.2, 0.25) is 0 Å². The van der Waals surface area contributed by atoms with Crippen LogP contribution in [0.2, 0.25) is 0 Å². The van der Waals surface area contributed by atoms with Crippen LogP contribution in [-0.2, 0) is 6.42 Å². The van der Waals surface area contributed by atoms with Crippen molar-refractivity contribution in [3.05, 3.63) is 23.8 Å². The van der Waals surface area contributed by atoms with Gasteiger partial charge in [0.15, 0.2) is 11.5 Å². The largest absolute Gasteiger partial charge is 0.486 e. The topological polar surface area (TPSA) is 38.7 Å². The maximum atomic E-state index is 9.82. The van der Waals surface area contributed by atoms with Gasteiger partial charge in [-0.2, -0.15) is 0 Å². The van der Waals surface area contributed by atoms with E-state index in [1.54, 1.807) is 0 Å². The average Bonchev–Trinajstić information content (AvgIpc) is 3.05. The van der Waals surface area contributed by atoms with E-state index in [0.29, 0.717) is 13.2 Å². The highest BCUT2D eigenvalue weighted by atomic mass is 16.6. The molecule has 3 nitrogen and oxygen atoms in total. The van der Waals surface area contributed by atoms with Crippen LogP contribution >= 0.6 is 0 Å². The monoisotopic (exact) mass is 220 g/mol. The Morgan fingerprint density at radius 1 is 1.19 bits per heavy atom. The van der Waals surface area contributed by atoms with E-state index in [1.165, 1.54) is 0 Å². The lowest BCUT2D eigenvalue weighted by Crippen LogP contribution is -2.17. The molecule has 1 aliphatic heterocycles. The molecule has 1 N–H and O–H groups in total. The van der Waals surface area contributed by atoms with Crippen LogP contribution in [0.1, 0.15) is 24.8 Å². The van der Waals surface area contributed by atoms with Gasteiger partial charge in [-0.1, -0.05) is 12.1 Å². The molecule has 1 aromatic rings. The molecule has 1 saturated carbocycles. The van der Waals surface area contributed by atoms with E-state index in [1.807, 2.05) is 12.1 Å². The number of hydrogen-bond acceptors (Lipinski definition) is 3. The summed E-state index contributed by atoms with van der Waals surface area (Å²) in [5, 5.41) is 9.82. The minimum Gasteiger partial charge on any atom is -0.486 e. The Hall–Kier alpha value is -1.22. The molecule has 1 fully saturated rings. The molecule has 3 rings (SSSR count). The summed E-state index contributed by atoms with van der Waals surface area (Å²) in [6.07, 6.45) is 3.58. The lowest BCUT2D eigenvalue weighted by Gasteiger charge is -2.21. The summed E-state index contributed by atoms with van der Waals surface area (Å²) in [6, 6.07) is 5.98. The van der Waals surface area contributed by atoms with E-state index >= 15 is 0 Å². The third-order valence-electron chi connectivity index (χ3n) is 3.33. The maximum Gasteiger partial charge on any atom is 0.164 e. The van der Waals surface area contributed by atoms with Gasteiger partial charge in [-0.25, -0.2) is 0 Å². The number of hydrogen-bond donors (Lipinski definition) is 1. The Kier molecular flexibility index (Phi) is 2.28. The van der Waals surface area contributed by atoms with Crippen LogP contribution in [0.15, 0.2) is 18.2 Å². The fourth-order valence-electron chi connectivity index (χ4n) is 2.09. The molecule has 1 aromatic carbocycles. The van der Waals surface area contributed by atoms with Gasteiger partial charge in [0, 0.05) is 0 Å². The van der Waals surface area contributed by atoms with Crippen LogP contribution in [0, 0.1) is 0 Å². The number of rotatable bonds is 3. The van der Waals surface area contributed by atoms with Gasteiger partial charge in [0.1, 0.15) is 13.2 Å². The fourth-order valence-corrected chi connectivity index (χ4v) is 2.09. The van der Waals surface area contributed by atoms with Crippen molar-refractivity contribution in [3.8, 4) is 11.5 Å². The molecule has 0 bridgehead atoms. The Bertz CT molecular complexity index is 396. The van der Waals surface area contributed by atoms with Crippen LogP contribution in [0.3, 0.4) is 0 Å². The lowest BCUT2D eigenvalue weighted by atomic mass is 10.0. The molecule has 2 aliphatic rings. The van der Waals surface area contributed by atoms with E-state index in [9.17, 15) is 5.11 Å². The van der Waals surface area contributed by atoms with Crippen LogP contribution in [0.25, 0.3) is 0 Å². The minimum atomic E-state index is -0.391. The van der Waals surface area contributed by atoms with Crippen molar-refractivity contribution in [1.29, 1.82) is 0 Å². The van der Waals surface area contributed by atoms with Crippen molar-refractivity contribution in [2.24, 2.45) is 0 Å². The molecule has 1 heterocycles. The number of para-hydroxylation sites is 1. The summed E-state index contributed by atoms with van der Waals surface area (Å²) in [5.74, 6) is 1.71. The minimum absolute atomic E-state index is 0.391. The Balaban J connectivity index is 1.78. The smallest absolute Gasteiger partial charge is 0.164 e. The summed E-state index contributed by atoms with van der Waals surface area (Å²) >= 11 is 0. The number of benzene rings is 1. The van der Waals surface area contributed by atoms with Gasteiger partial charge in [-0.05, 0) is 37.3 Å². The van der Waals surface area contributed by atoms with Crippen LogP contribution < -0.4 is 9.47 Å². The first-order valence-corrected chi connectivity index (χ1v) is 5.87. The fraction of sp³-hybridized carbons (Fsp3) is 0.538. The molecule has 0 saturated heterocycles. The summed E-state index contributed by atoms with van der Waals surface area (Å²) in [7, 11) is 0. The molecule has 0 amide bonds. The molecular formula is C13H16O3. The van der Waals surface area contributed by atoms with Gasteiger partial charge in [-0.15, -0.1) is 0 Å². The molecule has 1 aliphatic carbocycles. The first-order chi connectivity index (χ1) is 7.77. The Labute approximate surface area is 95.0 Å². The normalized spacial score (nSPS) is 20.6. The highest BCUT2D eigenvalue weighted by Crippen LogP contribution is 2.41. The van der Waals surface area contributed by atoms with Gasteiger partial charge in [-0.3, -0.25) is 0 Å². The van der Waals surface area contributed by atoms with Gasteiger partial charge in [0.25, 0.3) is 0 Å². The van der Waals surface area contributed by atoms with Crippen LogP contribution in [0.5, 0.6) is 11.5 Å². The second-order valence-corrected chi connectivity index (χ2v) is 4.67. The molecule has 0 unspecified atom stereocenters. The molecule has 86 valence electrons. The van der Waals surface area contributed by atoms with E-state index in [2.05, 4.69) is 6.07 Å². The number of aryl methyl sites for hydroxylation is 1. The second-order valence-electron chi connectivity index (χ2n) is 4.67. The van der Waals surface area contributed by atoms with Crippen molar-refractivity contribution in [2.45, 2.75) is 31.3 Å². The van der Waals surface area contributed by atoms with Crippen LogP contribution in [-0.4, -0.2) is 23.9 Å². The SMILES string of the molecule is OC1(CCc2cccc3c2OCCO3)CC1. The lowest BCUT2D eigenvalue weighted by molar-refractivity contribution is 0.138. The Morgan fingerprint density at radius 2 is 2.00 bits per heavy atom. The van der Waals surface area contributed by atoms with Crippen molar-refractivity contribution < 1.29 is 14.6 Å². The number of fused-ring (bicyclic) bond motifs is 1. The zero-order valence-corrected chi connectivity index (χ0v) is 9.24. The van der Waals surface area contributed by atoms with Crippen molar-refractivity contribution in [3.63, 3.8) is 0 Å². The maximum absolute atomic E-state index is 9.82. The summed E-state index contributed by atoms with van der Waals surface area (Å²) in [4.78, 5) is 0. The van der Waals surface area contributed by atoms with Crippen molar-refractivity contribution in [2.75, 3.05) is 13.2 Å². The molecule has 0 spiro atoms. The predicted molar refractivity (Wildman–Crippen MR) is 59.9 cm³/mol. The van der Waals surface area contributed by atoms with E-state index < -0.39 is 5.60 Å². The van der Waals surface area contributed by atoms with E-state index in [0.717, 1.165) is 42.7 Å². The molecule has 0 aromatic heterocycles. The standard InChI is InChI=1S/C13H16O3/c14-13(6-7-13)5-4-10-2-1-3-11-12(10)16-9-8-15-11/h1-3,14H,4-9H2. The number of aliphatic hydroxyl groups is 1. The molecule has 16 heavy (non-hydrogen) atoms. The first kappa shape index (κ1) is 9.97. The summed E-state index contributed by atoms with van der Waals surface area (Å²) < 4.78 is 11.2. The highest BCUT2D eigenvalue weighted by Gasteiger charge is 2.39. The zero-order valence-electron chi connectivity index (χ0n) is 9.24. The summed E-state index contributed by atoms with van der Waals surface area (Å²) in [5.41, 5.74) is 0.760. The first-order valence-electron chi connectivity index (χ1n) is 5.87. The predicted octanol–water partition coefficient (Wildman–Crippen LogP) is 1.92. The van der Waals surface area contributed by atoms with Gasteiger partial charge < -0.3 is 14.6 Å². The van der Waals surface area contributed by atoms with E-state index in [-0.39, 0.29) is 0 Å². The molecular weight excluding hydrogens is 204 g/mol. The van der Waals surface area contributed by atoms with Crippen molar-refractivity contribution in [1.82, 2.24) is 0 Å². The number of ether oxygens (including phenoxy) is 2. The highest BCUT2D eigenvalue weighted by molar-refractivity contribution is 5.47. The van der Waals surface area contributed by atoms with Gasteiger partial charge in [0.05, 0.1) is 5.60 Å². The van der Waals surface area contributed by atoms with E-state index in [4.69, 9.17) is 9.47 Å². The Morgan fingerprint density at radius 3 is 2.81 bits per heavy atom. The summed E-state index contributed by atoms with van der Waals surface area (Å²) in [6.45, 7) is 1.24. The average molecular weight is 220 g/mol. The van der Waals surface area contributed by atoms with Gasteiger partial charge >= 0.3 is 0 Å². The van der Waals surface area contributed by atoms with Crippen LogP contribution in [0.4, 0.5) is 0 Å². The van der Waals surface area contributed by atoms with Crippen molar-refractivity contribution >= 4 is 0 Å².